The van der Waals surface area contributed by atoms with Gasteiger partial charge in [-0.25, -0.2) is 4.57 Å². The molecule has 0 saturated carbocycles. The van der Waals surface area contributed by atoms with Crippen molar-refractivity contribution in [3.8, 4) is 0 Å². The minimum absolute atomic E-state index is 0.0855. The predicted molar refractivity (Wildman–Crippen MR) is 247 cm³/mol. The van der Waals surface area contributed by atoms with Crippen molar-refractivity contribution >= 4 is 13.8 Å². The number of hydrogen-bond acceptors (Lipinski definition) is 6. The second-order valence-electron chi connectivity index (χ2n) is 17.1. The molecule has 2 unspecified atom stereocenters. The van der Waals surface area contributed by atoms with Crippen LogP contribution in [0.2, 0.25) is 0 Å². The third kappa shape index (κ3) is 45.5. The molecule has 0 aliphatic heterocycles. The Bertz CT molecular complexity index is 1070. The number of nitrogens with zero attached hydrogens (tertiary/aromatic N) is 1. The summed E-state index contributed by atoms with van der Waals surface area (Å²) in [4.78, 5) is 22.9. The smallest absolute Gasteiger partial charge is 0.457 e. The topological polar surface area (TPSA) is 91.3 Å². The molecule has 2 atom stereocenters. The second kappa shape index (κ2) is 42.2. The minimum atomic E-state index is -4.28. The molecule has 0 amide bonds. The fraction of sp³-hybridized carbons (Fsp3) is 0.816. The van der Waals surface area contributed by atoms with Crippen LogP contribution in [0.5, 0.6) is 0 Å². The van der Waals surface area contributed by atoms with Crippen molar-refractivity contribution in [2.24, 2.45) is 0 Å². The Kier molecular flexibility index (Phi) is 41.0. The van der Waals surface area contributed by atoms with Crippen molar-refractivity contribution in [2.45, 2.75) is 206 Å². The van der Waals surface area contributed by atoms with Crippen LogP contribution in [0.3, 0.4) is 0 Å². The fourth-order valence-corrected chi connectivity index (χ4v) is 7.13. The quantitative estimate of drug-likeness (QED) is 0.0215. The highest BCUT2D eigenvalue weighted by Crippen LogP contribution is 2.43. The Morgan fingerprint density at radius 1 is 0.534 bits per heavy atom. The lowest BCUT2D eigenvalue weighted by molar-refractivity contribution is -0.870. The minimum Gasteiger partial charge on any atom is -0.457 e. The van der Waals surface area contributed by atoms with E-state index in [0.717, 1.165) is 44.9 Å². The number of quaternary nitrogens is 1. The van der Waals surface area contributed by atoms with Crippen molar-refractivity contribution in [2.75, 3.05) is 54.1 Å². The summed E-state index contributed by atoms with van der Waals surface area (Å²) in [6, 6.07) is 0. The summed E-state index contributed by atoms with van der Waals surface area (Å²) in [7, 11) is 1.66. The van der Waals surface area contributed by atoms with Gasteiger partial charge in [-0.05, 0) is 70.6 Å². The molecule has 0 spiro atoms. The zero-order valence-corrected chi connectivity index (χ0v) is 39.4. The second-order valence-corrected chi connectivity index (χ2v) is 18.6. The van der Waals surface area contributed by atoms with E-state index in [-0.39, 0.29) is 25.8 Å². The number of ether oxygens (including phenoxy) is 2. The number of carbonyl (C=O) groups is 1. The van der Waals surface area contributed by atoms with Gasteiger partial charge in [-0.3, -0.25) is 13.8 Å². The van der Waals surface area contributed by atoms with Crippen LogP contribution in [0.25, 0.3) is 0 Å². The lowest BCUT2D eigenvalue weighted by Gasteiger charge is -2.24. The molecule has 0 aliphatic carbocycles. The van der Waals surface area contributed by atoms with E-state index < -0.39 is 13.9 Å². The van der Waals surface area contributed by atoms with Crippen LogP contribution in [0.15, 0.2) is 48.6 Å². The molecule has 0 aliphatic rings. The summed E-state index contributed by atoms with van der Waals surface area (Å²) in [6.45, 7) is 5.54. The highest BCUT2D eigenvalue weighted by Gasteiger charge is 2.26. The van der Waals surface area contributed by atoms with Gasteiger partial charge in [0.15, 0.2) is 0 Å². The van der Waals surface area contributed by atoms with E-state index in [2.05, 4.69) is 62.5 Å². The summed E-state index contributed by atoms with van der Waals surface area (Å²) >= 11 is 0. The van der Waals surface area contributed by atoms with Crippen LogP contribution in [-0.2, 0) is 27.9 Å². The number of allylic oxidation sites excluding steroid dienone is 8. The van der Waals surface area contributed by atoms with E-state index in [1.807, 2.05) is 21.1 Å². The van der Waals surface area contributed by atoms with Gasteiger partial charge in [0, 0.05) is 13.0 Å². The van der Waals surface area contributed by atoms with Crippen molar-refractivity contribution in [3.63, 3.8) is 0 Å². The highest BCUT2D eigenvalue weighted by atomic mass is 31.2. The summed E-state index contributed by atoms with van der Waals surface area (Å²) in [5, 5.41) is 0. The molecule has 0 bridgehead atoms. The van der Waals surface area contributed by atoms with E-state index in [0.29, 0.717) is 24.1 Å². The first-order chi connectivity index (χ1) is 28.1. The molecular formula is C49H93NO7P+. The van der Waals surface area contributed by atoms with E-state index >= 15 is 0 Å². The Hall–Kier alpha value is -1.54. The summed E-state index contributed by atoms with van der Waals surface area (Å²) in [5.74, 6) is -0.321. The lowest BCUT2D eigenvalue weighted by Crippen LogP contribution is -2.37. The van der Waals surface area contributed by atoms with E-state index in [4.69, 9.17) is 18.5 Å². The first kappa shape index (κ1) is 56.5. The average molecular weight is 839 g/mol. The first-order valence-electron chi connectivity index (χ1n) is 23.9. The van der Waals surface area contributed by atoms with Crippen LogP contribution in [0.1, 0.15) is 200 Å². The third-order valence-corrected chi connectivity index (χ3v) is 11.1. The monoisotopic (exact) mass is 839 g/mol. The van der Waals surface area contributed by atoms with Crippen molar-refractivity contribution in [1.82, 2.24) is 0 Å². The normalized spacial score (nSPS) is 14.1. The lowest BCUT2D eigenvalue weighted by atomic mass is 10.0. The number of esters is 1. The molecule has 0 aromatic rings. The molecule has 0 heterocycles. The van der Waals surface area contributed by atoms with Gasteiger partial charge in [0.1, 0.15) is 19.3 Å². The molecular weight excluding hydrogens is 746 g/mol. The maximum atomic E-state index is 12.7. The number of carbonyl (C=O) groups excluding carboxylic acids is 1. The third-order valence-electron chi connectivity index (χ3n) is 10.1. The zero-order valence-electron chi connectivity index (χ0n) is 38.5. The highest BCUT2D eigenvalue weighted by molar-refractivity contribution is 7.47. The molecule has 0 radical (unpaired) electrons. The van der Waals surface area contributed by atoms with Crippen molar-refractivity contribution in [3.05, 3.63) is 48.6 Å². The Morgan fingerprint density at radius 3 is 1.50 bits per heavy atom. The molecule has 9 heteroatoms. The molecule has 1 N–H and O–H groups in total. The zero-order chi connectivity index (χ0) is 42.7. The molecule has 0 rings (SSSR count). The van der Waals surface area contributed by atoms with Gasteiger partial charge >= 0.3 is 13.8 Å². The molecule has 58 heavy (non-hydrogen) atoms. The van der Waals surface area contributed by atoms with Gasteiger partial charge in [0.05, 0.1) is 34.4 Å². The number of rotatable bonds is 44. The average Bonchev–Trinajstić information content (AvgIpc) is 3.18. The van der Waals surface area contributed by atoms with Crippen LogP contribution in [0.4, 0.5) is 0 Å². The van der Waals surface area contributed by atoms with Gasteiger partial charge in [0.2, 0.25) is 0 Å². The molecule has 0 saturated heterocycles. The van der Waals surface area contributed by atoms with Crippen LogP contribution in [-0.4, -0.2) is 75.6 Å². The number of unbranched alkanes of at least 4 members (excludes halogenated alkanes) is 22. The molecule has 8 nitrogen and oxygen atoms in total. The molecule has 340 valence electrons. The van der Waals surface area contributed by atoms with Gasteiger partial charge in [0.25, 0.3) is 0 Å². The Balaban J connectivity index is 4.10. The number of phosphoric acid groups is 1. The van der Waals surface area contributed by atoms with E-state index in [1.165, 1.54) is 135 Å². The summed E-state index contributed by atoms with van der Waals surface area (Å²) < 4.78 is 35.0. The Morgan fingerprint density at radius 2 is 0.983 bits per heavy atom. The maximum absolute atomic E-state index is 12.7. The standard InChI is InChI=1S/C49H92NO7P/c1-6-8-10-12-14-16-18-19-20-21-22-23-24-25-26-27-28-29-30-31-32-34-36-38-40-42-49(51)57-48(47-56-58(52,53)55-45-43-50(3,4)5)46-54-44-41-39-37-35-33-17-15-13-11-9-7-2/h11,13,18-19,21-22,24-25,48H,6-10,12,14-17,20,23,26-47H2,1-5H3/p+1/b13-11-,19-18-,22-21-,25-24-. The van der Waals surface area contributed by atoms with Gasteiger partial charge < -0.3 is 18.9 Å². The number of likely N-dealkylation sites (N-methyl/N-ethyl adjacent to an activating group) is 1. The molecule has 0 aromatic heterocycles. The van der Waals surface area contributed by atoms with Gasteiger partial charge in [-0.1, -0.05) is 172 Å². The molecule has 0 fully saturated rings. The predicted octanol–water partition coefficient (Wildman–Crippen LogP) is 14.3. The Labute approximate surface area is 358 Å². The van der Waals surface area contributed by atoms with Crippen molar-refractivity contribution < 1.29 is 37.3 Å². The fourth-order valence-electron chi connectivity index (χ4n) is 6.39. The van der Waals surface area contributed by atoms with Crippen LogP contribution >= 0.6 is 7.82 Å². The summed E-state index contributed by atoms with van der Waals surface area (Å²) in [5.41, 5.74) is 0. The number of hydrogen-bond donors (Lipinski definition) is 1. The van der Waals surface area contributed by atoms with Crippen molar-refractivity contribution in [1.29, 1.82) is 0 Å². The maximum Gasteiger partial charge on any atom is 0.472 e. The van der Waals surface area contributed by atoms with E-state index in [9.17, 15) is 14.3 Å². The van der Waals surface area contributed by atoms with Gasteiger partial charge in [-0.2, -0.15) is 0 Å². The van der Waals surface area contributed by atoms with Gasteiger partial charge in [-0.15, -0.1) is 0 Å². The van der Waals surface area contributed by atoms with Crippen LogP contribution in [0, 0.1) is 0 Å². The first-order valence-corrected chi connectivity index (χ1v) is 25.4. The summed E-state index contributed by atoms with van der Waals surface area (Å²) in [6.07, 6.45) is 51.5. The largest absolute Gasteiger partial charge is 0.472 e. The van der Waals surface area contributed by atoms with E-state index in [1.54, 1.807) is 0 Å². The SMILES string of the molecule is CCC/C=C\CCCCCCCCOCC(COP(=O)(O)OCC[N+](C)(C)C)OC(=O)CCCCCCCCCCCC/C=C\C/C=C\C/C=C\CCCCCCC. The molecule has 0 aromatic carbocycles. The number of phosphoric ester groups is 1. The van der Waals surface area contributed by atoms with Crippen LogP contribution < -0.4 is 0 Å².